The van der Waals surface area contributed by atoms with Gasteiger partial charge in [0, 0.05) is 42.9 Å². The first-order valence-corrected chi connectivity index (χ1v) is 11.3. The summed E-state index contributed by atoms with van der Waals surface area (Å²) in [4.78, 5) is 18.7. The molecule has 146 valence electrons. The molecule has 3 rings (SSSR count). The quantitative estimate of drug-likeness (QED) is 0.730. The zero-order valence-electron chi connectivity index (χ0n) is 15.3. The van der Waals surface area contributed by atoms with Crippen molar-refractivity contribution in [3.05, 3.63) is 40.9 Å². The van der Waals surface area contributed by atoms with Gasteiger partial charge in [0.2, 0.25) is 5.91 Å². The van der Waals surface area contributed by atoms with Crippen molar-refractivity contribution in [2.24, 2.45) is 0 Å². The van der Waals surface area contributed by atoms with Crippen LogP contribution in [0.15, 0.2) is 28.7 Å². The molecule has 0 saturated carbocycles. The summed E-state index contributed by atoms with van der Waals surface area (Å²) in [7, 11) is -3.00. The van der Waals surface area contributed by atoms with E-state index in [1.165, 1.54) is 0 Å². The summed E-state index contributed by atoms with van der Waals surface area (Å²) in [5, 5.41) is 0.646. The fraction of sp³-hybridized carbons (Fsp3) is 0.474. The molecule has 1 saturated heterocycles. The zero-order valence-corrected chi connectivity index (χ0v) is 16.9. The van der Waals surface area contributed by atoms with E-state index in [9.17, 15) is 13.2 Å². The molecule has 1 amide bonds. The Morgan fingerprint density at radius 2 is 1.85 bits per heavy atom. The highest BCUT2D eigenvalue weighted by Crippen LogP contribution is 2.27. The molecular weight excluding hydrogens is 388 g/mol. The Bertz CT molecular complexity index is 892. The lowest BCUT2D eigenvalue weighted by Gasteiger charge is -2.26. The smallest absolute Gasteiger partial charge is 0.223 e. The first-order valence-electron chi connectivity index (χ1n) is 9.10. The monoisotopic (exact) mass is 410 g/mol. The Labute approximate surface area is 164 Å². The number of benzene rings is 1. The van der Waals surface area contributed by atoms with Crippen molar-refractivity contribution in [3.8, 4) is 11.3 Å². The number of nitrogens with zero attached hydrogens (tertiary/aromatic N) is 2. The minimum atomic E-state index is -3.00. The van der Waals surface area contributed by atoms with Gasteiger partial charge in [0.25, 0.3) is 0 Å². The number of halogens is 1. The summed E-state index contributed by atoms with van der Waals surface area (Å²) in [6.45, 7) is 2.59. The van der Waals surface area contributed by atoms with Gasteiger partial charge in [-0.3, -0.25) is 4.79 Å². The van der Waals surface area contributed by atoms with E-state index in [0.29, 0.717) is 23.1 Å². The van der Waals surface area contributed by atoms with E-state index in [1.54, 1.807) is 17.0 Å². The number of carbonyl (C=O) groups is 1. The number of sulfone groups is 1. The molecule has 6 nitrogen and oxygen atoms in total. The van der Waals surface area contributed by atoms with Gasteiger partial charge in [-0.05, 0) is 18.6 Å². The fourth-order valence-corrected chi connectivity index (χ4v) is 4.39. The van der Waals surface area contributed by atoms with Gasteiger partial charge in [-0.25, -0.2) is 13.4 Å². The predicted octanol–water partition coefficient (Wildman–Crippen LogP) is 3.14. The van der Waals surface area contributed by atoms with Gasteiger partial charge in [0.05, 0.1) is 11.5 Å². The molecule has 0 atom stereocenters. The lowest BCUT2D eigenvalue weighted by atomic mass is 10.1. The molecule has 1 aliphatic heterocycles. The summed E-state index contributed by atoms with van der Waals surface area (Å²) in [5.74, 6) is 1.36. The van der Waals surface area contributed by atoms with Gasteiger partial charge < -0.3 is 9.32 Å². The number of oxazole rings is 1. The molecular formula is C19H23ClN2O4S. The zero-order chi connectivity index (χ0) is 19.4. The number of aryl methyl sites for hydroxylation is 2. The maximum Gasteiger partial charge on any atom is 0.223 e. The van der Waals surface area contributed by atoms with Crippen LogP contribution in [0.2, 0.25) is 5.02 Å². The van der Waals surface area contributed by atoms with E-state index in [1.807, 2.05) is 12.1 Å². The Balaban J connectivity index is 1.72. The molecule has 1 aromatic heterocycles. The second kappa shape index (κ2) is 8.44. The molecule has 0 unspecified atom stereocenters. The van der Waals surface area contributed by atoms with E-state index < -0.39 is 9.84 Å². The van der Waals surface area contributed by atoms with Crippen LogP contribution in [0.1, 0.15) is 31.4 Å². The third kappa shape index (κ3) is 5.11. The third-order valence-corrected chi connectivity index (χ3v) is 6.45. The van der Waals surface area contributed by atoms with Crippen LogP contribution < -0.4 is 0 Å². The van der Waals surface area contributed by atoms with Gasteiger partial charge in [-0.1, -0.05) is 30.7 Å². The van der Waals surface area contributed by atoms with Crippen molar-refractivity contribution in [2.45, 2.75) is 32.6 Å². The molecule has 1 aliphatic rings. The van der Waals surface area contributed by atoms with E-state index in [0.717, 1.165) is 24.1 Å². The van der Waals surface area contributed by atoms with Crippen LogP contribution in [0.3, 0.4) is 0 Å². The molecule has 0 N–H and O–H groups in total. The summed E-state index contributed by atoms with van der Waals surface area (Å²) in [6.07, 6.45) is 2.35. The summed E-state index contributed by atoms with van der Waals surface area (Å²) >= 11 is 5.97. The minimum absolute atomic E-state index is 0.0394. The normalized spacial score (nSPS) is 16.4. The van der Waals surface area contributed by atoms with Crippen LogP contribution in [-0.2, 0) is 27.5 Å². The molecule has 0 radical (unpaired) electrons. The van der Waals surface area contributed by atoms with Crippen molar-refractivity contribution in [3.63, 3.8) is 0 Å². The highest BCUT2D eigenvalue weighted by atomic mass is 35.5. The third-order valence-electron chi connectivity index (χ3n) is 4.59. The second-order valence-electron chi connectivity index (χ2n) is 6.67. The topological polar surface area (TPSA) is 80.5 Å². The minimum Gasteiger partial charge on any atom is -0.445 e. The molecule has 1 aromatic carbocycles. The number of amides is 1. The molecule has 0 aliphatic carbocycles. The number of hydrogen-bond acceptors (Lipinski definition) is 5. The molecule has 27 heavy (non-hydrogen) atoms. The summed E-state index contributed by atoms with van der Waals surface area (Å²) in [5.41, 5.74) is 1.64. The highest BCUT2D eigenvalue weighted by Gasteiger charge is 2.25. The molecule has 8 heteroatoms. The highest BCUT2D eigenvalue weighted by molar-refractivity contribution is 7.91. The Morgan fingerprint density at radius 1 is 1.19 bits per heavy atom. The Hall–Kier alpha value is -1.86. The van der Waals surface area contributed by atoms with E-state index in [2.05, 4.69) is 11.9 Å². The van der Waals surface area contributed by atoms with Crippen LogP contribution in [0, 0.1) is 0 Å². The van der Waals surface area contributed by atoms with Crippen LogP contribution in [0.4, 0.5) is 0 Å². The van der Waals surface area contributed by atoms with Gasteiger partial charge in [-0.15, -0.1) is 0 Å². The lowest BCUT2D eigenvalue weighted by Crippen LogP contribution is -2.43. The van der Waals surface area contributed by atoms with Crippen LogP contribution in [-0.4, -0.2) is 48.8 Å². The van der Waals surface area contributed by atoms with E-state index >= 15 is 0 Å². The largest absolute Gasteiger partial charge is 0.445 e. The van der Waals surface area contributed by atoms with E-state index in [-0.39, 0.29) is 36.9 Å². The van der Waals surface area contributed by atoms with Crippen molar-refractivity contribution in [2.75, 3.05) is 24.6 Å². The molecule has 2 aromatic rings. The summed E-state index contributed by atoms with van der Waals surface area (Å²) < 4.78 is 28.9. The fourth-order valence-electron chi connectivity index (χ4n) is 3.06. The Morgan fingerprint density at radius 3 is 2.48 bits per heavy atom. The lowest BCUT2D eigenvalue weighted by molar-refractivity contribution is -0.130. The van der Waals surface area contributed by atoms with Crippen molar-refractivity contribution in [1.29, 1.82) is 0 Å². The van der Waals surface area contributed by atoms with Crippen LogP contribution >= 0.6 is 11.6 Å². The van der Waals surface area contributed by atoms with Crippen molar-refractivity contribution < 1.29 is 17.6 Å². The van der Waals surface area contributed by atoms with Crippen molar-refractivity contribution in [1.82, 2.24) is 9.88 Å². The first-order chi connectivity index (χ1) is 12.9. The number of carbonyl (C=O) groups excluding carboxylic acids is 1. The molecule has 1 fully saturated rings. The second-order valence-corrected chi connectivity index (χ2v) is 9.41. The Kier molecular flexibility index (Phi) is 6.22. The molecule has 0 spiro atoms. The predicted molar refractivity (Wildman–Crippen MR) is 104 cm³/mol. The summed E-state index contributed by atoms with van der Waals surface area (Å²) in [6, 6.07) is 7.37. The average molecular weight is 411 g/mol. The van der Waals surface area contributed by atoms with Crippen LogP contribution in [0.25, 0.3) is 11.3 Å². The van der Waals surface area contributed by atoms with Gasteiger partial charge >= 0.3 is 0 Å². The first kappa shape index (κ1) is 19.9. The molecule has 0 bridgehead atoms. The van der Waals surface area contributed by atoms with Gasteiger partial charge in [-0.2, -0.15) is 0 Å². The molecule has 2 heterocycles. The standard InChI is InChI=1S/C19H23ClN2O4S/c1-2-3-17-21-19(14-4-6-15(20)7-5-14)16(26-17)8-9-18(23)22-10-12-27(24,25)13-11-22/h4-7H,2-3,8-13H2,1H3. The van der Waals surface area contributed by atoms with Crippen molar-refractivity contribution >= 4 is 27.3 Å². The van der Waals surface area contributed by atoms with E-state index in [4.69, 9.17) is 16.0 Å². The number of hydrogen-bond donors (Lipinski definition) is 0. The average Bonchev–Trinajstić information content (AvgIpc) is 3.03. The van der Waals surface area contributed by atoms with Crippen LogP contribution in [0.5, 0.6) is 0 Å². The SMILES string of the molecule is CCCc1nc(-c2ccc(Cl)cc2)c(CCC(=O)N2CCS(=O)(=O)CC2)o1. The number of rotatable bonds is 6. The maximum atomic E-state index is 12.5. The number of aromatic nitrogens is 1. The van der Waals surface area contributed by atoms with Gasteiger partial charge in [0.1, 0.15) is 11.5 Å². The van der Waals surface area contributed by atoms with Gasteiger partial charge in [0.15, 0.2) is 15.7 Å². The maximum absolute atomic E-state index is 12.5.